The van der Waals surface area contributed by atoms with Crippen LogP contribution in [0.1, 0.15) is 160 Å². The van der Waals surface area contributed by atoms with E-state index in [0.29, 0.717) is 70.6 Å². The summed E-state index contributed by atoms with van der Waals surface area (Å²) in [6, 6.07) is 0. The molecule has 0 aromatic heterocycles. The molecule has 7 heterocycles. The number of ether oxygens (including phenoxy) is 15. The first-order valence-electron chi connectivity index (χ1n) is 40.8. The fraction of sp³-hybridized carbons (Fsp3) is 0.795. The third kappa shape index (κ3) is 28.0. The summed E-state index contributed by atoms with van der Waals surface area (Å²) in [5.41, 5.74) is 1.97. The molecule has 20 N–H and O–H groups in total. The van der Waals surface area contributed by atoms with Crippen LogP contribution < -0.4 is 0 Å². The summed E-state index contributed by atoms with van der Waals surface area (Å²) in [6.45, 7) is 22.6. The van der Waals surface area contributed by atoms with E-state index in [1.54, 1.807) is 32.9 Å². The fourth-order valence-electron chi connectivity index (χ4n) is 14.6. The second kappa shape index (κ2) is 48.7. The van der Waals surface area contributed by atoms with Gasteiger partial charge in [-0.25, -0.2) is 4.79 Å². The third-order valence-corrected chi connectivity index (χ3v) is 22.8. The zero-order valence-corrected chi connectivity index (χ0v) is 69.0. The highest BCUT2D eigenvalue weighted by molar-refractivity contribution is 5.87. The number of allylic oxidation sites excluding steroid dienone is 10. The highest BCUT2D eigenvalue weighted by atomic mass is 16.8. The molecule has 7 saturated heterocycles. The van der Waals surface area contributed by atoms with Crippen LogP contribution in [0.25, 0.3) is 0 Å². The standard InChI is InChI=1S/C82H134O36.CH4/c1-13-47-53(87)62(96)71(115-75-65(99)58(92)54(88)48(35-83)109-75)79(108-47)117-81(11,14-2)33-23-30-40(4)25-19-17-16-18-20-26-43(7)38-104-74-68(102)64(98)69(46(10)107-74)114-77-67(101)60(94)57(91)51(112-77)39-105-78-70(61(95)52(86)45(9)106-78)113-73(103)44(8)32-22-29-41(5)27-21-28-42(6)31-24-34-82(12,15-3)118-80-72(63(97)56(90)50(37-85)111-80)116-76-66(100)59(93)55(89)49(36-84)110-76;/h14-17,26-27,30-32,45-72,74-80,83-102H,2-3,13,18-25,28-29,33-39H2,1,4-12H3;1H4/b17-16+,40-30+,41-27+,42-31+,43-26-,44-32+;/t45?,46?,47?,48?,49?,50?,51?,52?,53?,54?,55?,56?,57?,58?,59?,60?,61?,62?,63?,64?,65?,66?,67?,68?,69?,70?,71?,72?,74?,75?,76?,77?,78?,79?,80?,81-,82-;/m1./s1. The van der Waals surface area contributed by atoms with Crippen molar-refractivity contribution in [1.82, 2.24) is 0 Å². The Kier molecular flexibility index (Phi) is 42.5. The summed E-state index contributed by atoms with van der Waals surface area (Å²) in [5.74, 6) is -0.866. The number of esters is 1. The quantitative estimate of drug-likeness (QED) is 0.0155. The second-order valence-electron chi connectivity index (χ2n) is 32.3. The van der Waals surface area contributed by atoms with Crippen LogP contribution in [-0.4, -0.2) is 367 Å². The molecule has 36 nitrogen and oxygen atoms in total. The minimum Gasteiger partial charge on any atom is -0.451 e. The number of unbranched alkanes of at least 4 members (excludes halogenated alkanes) is 1. The van der Waals surface area contributed by atoms with Crippen LogP contribution in [0.5, 0.6) is 0 Å². The molecule has 7 aliphatic rings. The molecule has 7 fully saturated rings. The topological polar surface area (TPSA) is 560 Å². The molecule has 35 unspecified atom stereocenters. The van der Waals surface area contributed by atoms with Crippen molar-refractivity contribution in [2.75, 3.05) is 33.0 Å². The van der Waals surface area contributed by atoms with Crippen molar-refractivity contribution in [2.24, 2.45) is 0 Å². The molecule has 0 aromatic rings. The first-order valence-corrected chi connectivity index (χ1v) is 40.8. The van der Waals surface area contributed by atoms with Gasteiger partial charge in [0.05, 0.1) is 62.5 Å². The van der Waals surface area contributed by atoms with Gasteiger partial charge in [-0.1, -0.05) is 91.3 Å². The maximum absolute atomic E-state index is 13.6. The lowest BCUT2D eigenvalue weighted by Crippen LogP contribution is -2.65. The average Bonchev–Trinajstić information content (AvgIpc) is 0.795. The summed E-state index contributed by atoms with van der Waals surface area (Å²) in [6.07, 6.45) is -29.8. The lowest BCUT2D eigenvalue weighted by Gasteiger charge is -2.47. The number of hydrogen-bond donors (Lipinski definition) is 20. The van der Waals surface area contributed by atoms with E-state index >= 15 is 0 Å². The number of aliphatic hydroxyl groups is 20. The monoisotopic (exact) mass is 1710 g/mol. The van der Waals surface area contributed by atoms with Crippen molar-refractivity contribution < 1.29 is 178 Å². The van der Waals surface area contributed by atoms with Gasteiger partial charge in [0.15, 0.2) is 50.1 Å². The highest BCUT2D eigenvalue weighted by Gasteiger charge is 2.56. The minimum atomic E-state index is -1.91. The number of aliphatic hydroxyl groups excluding tert-OH is 20. The van der Waals surface area contributed by atoms with Crippen LogP contribution in [0.15, 0.2) is 95.7 Å². The van der Waals surface area contributed by atoms with Crippen LogP contribution in [0.4, 0.5) is 0 Å². The number of carbonyl (C=O) groups is 1. The molecule has 37 atom stereocenters. The summed E-state index contributed by atoms with van der Waals surface area (Å²) >= 11 is 0. The van der Waals surface area contributed by atoms with Crippen molar-refractivity contribution in [3.8, 4) is 0 Å². The Morgan fingerprint density at radius 3 is 1.22 bits per heavy atom. The van der Waals surface area contributed by atoms with Gasteiger partial charge >= 0.3 is 5.97 Å². The SMILES string of the molecule is C.C=C[C@](C)(CC/C=C(\C)CC/C=C/CC/C=C(/C)COC1OC(C)C(OC2OC(COC3OC(C)C(O)C(O)C3OC(=O)/C(C)=C/CC/C(C)=C/CC/C(C)=C/CC[C@@](C)(C=C)OC3OC(CO)C(O)C(O)C3OC3OC(CO)C(O)C(O)C3O)C(O)C(O)C2O)C(O)C1O)OC1OC(CC)C(O)C(O)C1OC1OC(CO)C(O)C(O)C1O. The van der Waals surface area contributed by atoms with E-state index in [4.69, 9.17) is 71.1 Å². The Hall–Kier alpha value is -3.97. The zero-order valence-electron chi connectivity index (χ0n) is 69.0. The molecule has 0 saturated carbocycles. The molecule has 119 heavy (non-hydrogen) atoms. The van der Waals surface area contributed by atoms with E-state index in [1.807, 2.05) is 39.8 Å². The van der Waals surface area contributed by atoms with Gasteiger partial charge in [-0.05, 0) is 146 Å². The summed E-state index contributed by atoms with van der Waals surface area (Å²) < 4.78 is 88.5. The van der Waals surface area contributed by atoms with Crippen LogP contribution in [0, 0.1) is 0 Å². The Morgan fingerprint density at radius 2 is 0.739 bits per heavy atom. The maximum Gasteiger partial charge on any atom is 0.333 e. The molecular formula is C83H138O36. The van der Waals surface area contributed by atoms with Crippen LogP contribution >= 0.6 is 0 Å². The van der Waals surface area contributed by atoms with Gasteiger partial charge < -0.3 is 173 Å². The van der Waals surface area contributed by atoms with E-state index in [1.165, 1.54) is 26.8 Å². The van der Waals surface area contributed by atoms with E-state index in [0.717, 1.165) is 35.1 Å². The molecule has 0 spiro atoms. The fourth-order valence-corrected chi connectivity index (χ4v) is 14.6. The number of carbonyl (C=O) groups excluding carboxylic acids is 1. The van der Waals surface area contributed by atoms with Gasteiger partial charge in [-0.15, -0.1) is 13.2 Å². The van der Waals surface area contributed by atoms with Crippen LogP contribution in [-0.2, 0) is 75.8 Å². The largest absolute Gasteiger partial charge is 0.451 e. The Morgan fingerprint density at radius 1 is 0.370 bits per heavy atom. The van der Waals surface area contributed by atoms with Gasteiger partial charge in [0, 0.05) is 5.57 Å². The molecular weight excluding hydrogens is 1570 g/mol. The predicted molar refractivity (Wildman–Crippen MR) is 421 cm³/mol. The van der Waals surface area contributed by atoms with E-state index in [2.05, 4.69) is 37.5 Å². The summed E-state index contributed by atoms with van der Waals surface area (Å²) in [5, 5.41) is 214. The van der Waals surface area contributed by atoms with E-state index in [9.17, 15) is 107 Å². The second-order valence-corrected chi connectivity index (χ2v) is 32.3. The lowest BCUT2D eigenvalue weighted by molar-refractivity contribution is -0.375. The Balaban J connectivity index is 0.0000220. The summed E-state index contributed by atoms with van der Waals surface area (Å²) in [7, 11) is 0. The lowest BCUT2D eigenvalue weighted by atomic mass is 9.95. The van der Waals surface area contributed by atoms with Gasteiger partial charge in [-0.3, -0.25) is 0 Å². The van der Waals surface area contributed by atoms with Crippen molar-refractivity contribution in [1.29, 1.82) is 0 Å². The van der Waals surface area contributed by atoms with Gasteiger partial charge in [0.1, 0.15) is 146 Å². The number of hydrogen-bond acceptors (Lipinski definition) is 36. The Labute approximate surface area is 696 Å². The van der Waals surface area contributed by atoms with Gasteiger partial charge in [0.25, 0.3) is 0 Å². The molecule has 36 heteroatoms. The molecule has 0 bridgehead atoms. The zero-order chi connectivity index (χ0) is 87.4. The Bertz CT molecular complexity index is 3240. The van der Waals surface area contributed by atoms with Crippen molar-refractivity contribution >= 4 is 5.97 Å². The smallest absolute Gasteiger partial charge is 0.333 e. The molecule has 686 valence electrons. The molecule has 0 aromatic carbocycles. The third-order valence-electron chi connectivity index (χ3n) is 22.8. The normalized spacial score (nSPS) is 40.9. The molecule has 0 amide bonds. The minimum absolute atomic E-state index is 0. The maximum atomic E-state index is 13.6. The first kappa shape index (κ1) is 104. The average molecular weight is 1710 g/mol. The van der Waals surface area contributed by atoms with Gasteiger partial charge in [-0.2, -0.15) is 0 Å². The van der Waals surface area contributed by atoms with Crippen molar-refractivity contribution in [2.45, 2.75) is 386 Å². The number of rotatable bonds is 42. The van der Waals surface area contributed by atoms with Crippen LogP contribution in [0.3, 0.4) is 0 Å². The molecule has 7 rings (SSSR count). The predicted octanol–water partition coefficient (Wildman–Crippen LogP) is -0.749. The van der Waals surface area contributed by atoms with Crippen molar-refractivity contribution in [3.05, 3.63) is 95.7 Å². The first-order chi connectivity index (χ1) is 55.8. The van der Waals surface area contributed by atoms with E-state index in [-0.39, 0.29) is 19.6 Å². The molecule has 0 aliphatic carbocycles. The molecule has 7 aliphatic heterocycles. The summed E-state index contributed by atoms with van der Waals surface area (Å²) in [4.78, 5) is 13.6. The molecule has 0 radical (unpaired) electrons. The van der Waals surface area contributed by atoms with E-state index < -0.39 is 259 Å². The van der Waals surface area contributed by atoms with Gasteiger partial charge in [0.2, 0.25) is 0 Å². The van der Waals surface area contributed by atoms with Crippen LogP contribution in [0.2, 0.25) is 0 Å². The van der Waals surface area contributed by atoms with Crippen molar-refractivity contribution in [3.63, 3.8) is 0 Å². The highest BCUT2D eigenvalue weighted by Crippen LogP contribution is 2.39.